The monoisotopic (exact) mass is 233 g/mol. The number of benzene rings is 1. The third-order valence-electron chi connectivity index (χ3n) is 3.55. The molecule has 2 N–H and O–H groups in total. The maximum Gasteiger partial charge on any atom is 0.324 e. The van der Waals surface area contributed by atoms with Crippen LogP contribution in [0.1, 0.15) is 11.1 Å². The summed E-state index contributed by atoms with van der Waals surface area (Å²) in [4.78, 5) is 15.6. The maximum atomic E-state index is 12.1. The fourth-order valence-electron chi connectivity index (χ4n) is 2.10. The van der Waals surface area contributed by atoms with Crippen LogP contribution >= 0.6 is 0 Å². The van der Waals surface area contributed by atoms with E-state index in [1.54, 1.807) is 16.8 Å². The molecule has 17 heavy (non-hydrogen) atoms. The quantitative estimate of drug-likeness (QED) is 0.841. The summed E-state index contributed by atoms with van der Waals surface area (Å²) >= 11 is 0. The Morgan fingerprint density at radius 3 is 2.59 bits per heavy atom. The molecule has 1 aromatic rings. The molecule has 0 spiro atoms. The SMILES string of the molecule is Cc1ccc(N2CC(CN)N(C)C2=O)cc1C. The number of carbonyl (C=O) groups is 1. The lowest BCUT2D eigenvalue weighted by Gasteiger charge is -2.17. The molecular formula is C13H19N3O. The highest BCUT2D eigenvalue weighted by Crippen LogP contribution is 2.24. The van der Waals surface area contributed by atoms with E-state index in [9.17, 15) is 4.79 Å². The van der Waals surface area contributed by atoms with E-state index in [0.29, 0.717) is 13.1 Å². The molecule has 1 atom stereocenters. The summed E-state index contributed by atoms with van der Waals surface area (Å²) in [6.45, 7) is 5.31. The fraction of sp³-hybridized carbons (Fsp3) is 0.462. The number of anilines is 1. The molecule has 1 aliphatic rings. The summed E-state index contributed by atoms with van der Waals surface area (Å²) in [7, 11) is 1.81. The van der Waals surface area contributed by atoms with Gasteiger partial charge in [0.15, 0.2) is 0 Å². The van der Waals surface area contributed by atoms with Gasteiger partial charge in [0.25, 0.3) is 0 Å². The van der Waals surface area contributed by atoms with Crippen LogP contribution in [0.3, 0.4) is 0 Å². The predicted molar refractivity (Wildman–Crippen MR) is 69.3 cm³/mol. The Kier molecular flexibility index (Phi) is 3.07. The first-order valence-corrected chi connectivity index (χ1v) is 5.86. The van der Waals surface area contributed by atoms with Crippen molar-refractivity contribution in [1.82, 2.24) is 4.90 Å². The lowest BCUT2D eigenvalue weighted by molar-refractivity contribution is 0.219. The van der Waals surface area contributed by atoms with Crippen LogP contribution in [-0.2, 0) is 0 Å². The molecule has 0 saturated carbocycles. The molecule has 1 aliphatic heterocycles. The number of rotatable bonds is 2. The van der Waals surface area contributed by atoms with Crippen molar-refractivity contribution in [3.63, 3.8) is 0 Å². The van der Waals surface area contributed by atoms with E-state index >= 15 is 0 Å². The predicted octanol–water partition coefficient (Wildman–Crippen LogP) is 1.50. The molecule has 0 bridgehead atoms. The molecule has 4 heteroatoms. The Labute approximate surface area is 102 Å². The molecule has 1 unspecified atom stereocenters. The third-order valence-corrected chi connectivity index (χ3v) is 3.55. The average Bonchev–Trinajstić information content (AvgIpc) is 2.60. The van der Waals surface area contributed by atoms with Crippen LogP contribution < -0.4 is 10.6 Å². The van der Waals surface area contributed by atoms with E-state index in [4.69, 9.17) is 5.73 Å². The van der Waals surface area contributed by atoms with Gasteiger partial charge in [0.05, 0.1) is 6.04 Å². The van der Waals surface area contributed by atoms with Gasteiger partial charge >= 0.3 is 6.03 Å². The molecule has 1 aromatic carbocycles. The first kappa shape index (κ1) is 11.9. The van der Waals surface area contributed by atoms with Gasteiger partial charge in [-0.1, -0.05) is 6.07 Å². The van der Waals surface area contributed by atoms with Crippen molar-refractivity contribution in [3.05, 3.63) is 29.3 Å². The largest absolute Gasteiger partial charge is 0.328 e. The number of amides is 2. The summed E-state index contributed by atoms with van der Waals surface area (Å²) in [6, 6.07) is 6.24. The summed E-state index contributed by atoms with van der Waals surface area (Å²) in [5.41, 5.74) is 9.06. The van der Waals surface area contributed by atoms with Gasteiger partial charge in [-0.3, -0.25) is 4.90 Å². The molecule has 1 heterocycles. The molecule has 4 nitrogen and oxygen atoms in total. The van der Waals surface area contributed by atoms with E-state index in [2.05, 4.69) is 19.9 Å². The van der Waals surface area contributed by atoms with Crippen molar-refractivity contribution < 1.29 is 4.79 Å². The molecule has 1 saturated heterocycles. The van der Waals surface area contributed by atoms with Gasteiger partial charge in [-0.05, 0) is 37.1 Å². The second-order valence-corrected chi connectivity index (χ2v) is 4.66. The number of urea groups is 1. The molecule has 0 aromatic heterocycles. The van der Waals surface area contributed by atoms with E-state index in [-0.39, 0.29) is 12.1 Å². The molecule has 0 aliphatic carbocycles. The van der Waals surface area contributed by atoms with Crippen LogP contribution in [0.2, 0.25) is 0 Å². The number of nitrogens with zero attached hydrogens (tertiary/aromatic N) is 2. The zero-order valence-electron chi connectivity index (χ0n) is 10.6. The summed E-state index contributed by atoms with van der Waals surface area (Å²) < 4.78 is 0. The van der Waals surface area contributed by atoms with Crippen LogP contribution in [0, 0.1) is 13.8 Å². The average molecular weight is 233 g/mol. The summed E-state index contributed by atoms with van der Waals surface area (Å²) in [5, 5.41) is 0. The van der Waals surface area contributed by atoms with Gasteiger partial charge in [-0.15, -0.1) is 0 Å². The lowest BCUT2D eigenvalue weighted by atomic mass is 10.1. The van der Waals surface area contributed by atoms with Gasteiger partial charge in [-0.2, -0.15) is 0 Å². The van der Waals surface area contributed by atoms with Crippen LogP contribution in [0.4, 0.5) is 10.5 Å². The summed E-state index contributed by atoms with van der Waals surface area (Å²) in [6.07, 6.45) is 0. The van der Waals surface area contributed by atoms with Crippen molar-refractivity contribution in [2.24, 2.45) is 5.73 Å². The highest BCUT2D eigenvalue weighted by molar-refractivity contribution is 5.94. The number of hydrogen-bond acceptors (Lipinski definition) is 2. The van der Waals surface area contributed by atoms with Crippen molar-refractivity contribution in [1.29, 1.82) is 0 Å². The van der Waals surface area contributed by atoms with Crippen molar-refractivity contribution >= 4 is 11.7 Å². The number of nitrogens with two attached hydrogens (primary N) is 1. The highest BCUT2D eigenvalue weighted by Gasteiger charge is 2.34. The Hall–Kier alpha value is -1.55. The molecule has 2 rings (SSSR count). The first-order chi connectivity index (χ1) is 8.04. The van der Waals surface area contributed by atoms with E-state index < -0.39 is 0 Å². The van der Waals surface area contributed by atoms with E-state index in [0.717, 1.165) is 5.69 Å². The molecular weight excluding hydrogens is 214 g/mol. The van der Waals surface area contributed by atoms with Crippen LogP contribution in [-0.4, -0.2) is 37.1 Å². The van der Waals surface area contributed by atoms with E-state index in [1.807, 2.05) is 12.1 Å². The molecule has 0 radical (unpaired) electrons. The van der Waals surface area contributed by atoms with Gasteiger partial charge in [0.2, 0.25) is 0 Å². The normalized spacial score (nSPS) is 20.2. The van der Waals surface area contributed by atoms with Crippen molar-refractivity contribution in [3.8, 4) is 0 Å². The van der Waals surface area contributed by atoms with Crippen molar-refractivity contribution in [2.45, 2.75) is 19.9 Å². The number of aryl methyl sites for hydroxylation is 2. The van der Waals surface area contributed by atoms with Crippen LogP contribution in [0.5, 0.6) is 0 Å². The van der Waals surface area contributed by atoms with Crippen LogP contribution in [0.15, 0.2) is 18.2 Å². The standard InChI is InChI=1S/C13H19N3O/c1-9-4-5-11(6-10(9)2)16-8-12(7-14)15(3)13(16)17/h4-6,12H,7-8,14H2,1-3H3. The fourth-order valence-corrected chi connectivity index (χ4v) is 2.10. The number of hydrogen-bond donors (Lipinski definition) is 1. The molecule has 92 valence electrons. The minimum atomic E-state index is 0.0312. The van der Waals surface area contributed by atoms with Gasteiger partial charge in [-0.25, -0.2) is 4.79 Å². The highest BCUT2D eigenvalue weighted by atomic mass is 16.2. The lowest BCUT2D eigenvalue weighted by Crippen LogP contribution is -2.35. The zero-order valence-corrected chi connectivity index (χ0v) is 10.6. The molecule has 1 fully saturated rings. The summed E-state index contributed by atoms with van der Waals surface area (Å²) in [5.74, 6) is 0. The maximum absolute atomic E-state index is 12.1. The Morgan fingerprint density at radius 2 is 2.06 bits per heavy atom. The zero-order chi connectivity index (χ0) is 12.6. The Morgan fingerprint density at radius 1 is 1.35 bits per heavy atom. The minimum Gasteiger partial charge on any atom is -0.328 e. The van der Waals surface area contributed by atoms with Gasteiger partial charge in [0.1, 0.15) is 0 Å². The Balaban J connectivity index is 2.29. The van der Waals surface area contributed by atoms with Crippen LogP contribution in [0.25, 0.3) is 0 Å². The molecule has 2 amide bonds. The van der Waals surface area contributed by atoms with Gasteiger partial charge in [0, 0.05) is 25.8 Å². The Bertz CT molecular complexity index is 444. The second kappa shape index (κ2) is 4.37. The third kappa shape index (κ3) is 2.00. The first-order valence-electron chi connectivity index (χ1n) is 5.86. The number of likely N-dealkylation sites (N-methyl/N-ethyl adjacent to an activating group) is 1. The number of carbonyl (C=O) groups excluding carboxylic acids is 1. The second-order valence-electron chi connectivity index (χ2n) is 4.66. The topological polar surface area (TPSA) is 49.6 Å². The van der Waals surface area contributed by atoms with Gasteiger partial charge < -0.3 is 10.6 Å². The smallest absolute Gasteiger partial charge is 0.324 e. The van der Waals surface area contributed by atoms with Crippen molar-refractivity contribution in [2.75, 3.05) is 25.0 Å². The minimum absolute atomic E-state index is 0.0312. The van der Waals surface area contributed by atoms with E-state index in [1.165, 1.54) is 11.1 Å².